The number of halogens is 1. The summed E-state index contributed by atoms with van der Waals surface area (Å²) in [5, 5.41) is 34.6. The zero-order chi connectivity index (χ0) is 23.6. The zero-order valence-electron chi connectivity index (χ0n) is 18.8. The highest BCUT2D eigenvalue weighted by Gasteiger charge is 2.28. The second kappa shape index (κ2) is 9.70. The Morgan fingerprint density at radius 2 is 1.94 bits per heavy atom. The summed E-state index contributed by atoms with van der Waals surface area (Å²) in [5.74, 6) is 0.0149. The Kier molecular flexibility index (Phi) is 7.20. The minimum atomic E-state index is -1.12. The van der Waals surface area contributed by atoms with Crippen molar-refractivity contribution >= 4 is 35.0 Å². The number of aromatic carboxylic acids is 1. The lowest BCUT2D eigenvalue weighted by Crippen LogP contribution is -2.27. The summed E-state index contributed by atoms with van der Waals surface area (Å²) < 4.78 is 2.04. The number of aliphatic hydroxyl groups excluding tert-OH is 1. The monoisotopic (exact) mass is 460 g/mol. The van der Waals surface area contributed by atoms with E-state index in [9.17, 15) is 15.0 Å². The molecular formula is C22H29ClN6O3. The standard InChI is InChI=1S/C22H29ClN6O3/c1-6-13(10-30)25-22-26-20(24-14-7-8-16(23)15(9-14)21(31)32)18-19(29(22)12(4)5)17(11(2)3)27-28-18/h7-9,11-13,24,30H,6,10H2,1-5H3,(H,25,26)(H,31,32). The third kappa shape index (κ3) is 4.63. The summed E-state index contributed by atoms with van der Waals surface area (Å²) >= 11 is 6.01. The molecular weight excluding hydrogens is 432 g/mol. The van der Waals surface area contributed by atoms with Gasteiger partial charge in [-0.1, -0.05) is 32.4 Å². The first-order valence-corrected chi connectivity index (χ1v) is 11.0. The van der Waals surface area contributed by atoms with Gasteiger partial charge in [-0.2, -0.15) is 10.1 Å². The molecule has 1 atom stereocenters. The Labute approximate surface area is 192 Å². The molecule has 9 nitrogen and oxygen atoms in total. The summed E-state index contributed by atoms with van der Waals surface area (Å²) in [6, 6.07) is 4.54. The summed E-state index contributed by atoms with van der Waals surface area (Å²) in [5.41, 5.74) is 2.76. The lowest BCUT2D eigenvalue weighted by Gasteiger charge is -2.26. The molecule has 172 valence electrons. The molecule has 0 spiro atoms. The number of carbonyl (C=O) groups is 1. The lowest BCUT2D eigenvalue weighted by molar-refractivity contribution is 0.0697. The molecule has 32 heavy (non-hydrogen) atoms. The SMILES string of the molecule is CCC(CO)Nc1nc(Nc2ccc(Cl)c(C(=O)O)c2)c2nnc(C(C)C)c-2n1C(C)C. The lowest BCUT2D eigenvalue weighted by atomic mass is 10.1. The van der Waals surface area contributed by atoms with Crippen LogP contribution in [0.25, 0.3) is 11.4 Å². The number of aliphatic hydroxyl groups is 1. The van der Waals surface area contributed by atoms with Gasteiger partial charge in [-0.05, 0) is 44.4 Å². The maximum absolute atomic E-state index is 11.5. The predicted molar refractivity (Wildman–Crippen MR) is 125 cm³/mol. The maximum atomic E-state index is 11.5. The largest absolute Gasteiger partial charge is 0.478 e. The van der Waals surface area contributed by atoms with Crippen molar-refractivity contribution in [2.45, 2.75) is 59.0 Å². The minimum Gasteiger partial charge on any atom is -0.478 e. The molecule has 2 heterocycles. The molecule has 0 saturated carbocycles. The molecule has 10 heteroatoms. The van der Waals surface area contributed by atoms with Gasteiger partial charge < -0.3 is 25.4 Å². The number of rotatable bonds is 9. The van der Waals surface area contributed by atoms with E-state index in [-0.39, 0.29) is 35.2 Å². The van der Waals surface area contributed by atoms with E-state index in [1.165, 1.54) is 12.1 Å². The molecule has 0 aromatic heterocycles. The summed E-state index contributed by atoms with van der Waals surface area (Å²) in [6.07, 6.45) is 0.713. The molecule has 3 rings (SSSR count). The van der Waals surface area contributed by atoms with E-state index < -0.39 is 5.97 Å². The van der Waals surface area contributed by atoms with Gasteiger partial charge in [0, 0.05) is 11.7 Å². The first kappa shape index (κ1) is 23.7. The highest BCUT2D eigenvalue weighted by atomic mass is 35.5. The summed E-state index contributed by atoms with van der Waals surface area (Å²) in [6.45, 7) is 10.1. The third-order valence-electron chi connectivity index (χ3n) is 5.20. The Morgan fingerprint density at radius 3 is 2.50 bits per heavy atom. The van der Waals surface area contributed by atoms with Crippen LogP contribution in [-0.2, 0) is 0 Å². The van der Waals surface area contributed by atoms with Crippen LogP contribution in [0.4, 0.5) is 17.5 Å². The van der Waals surface area contributed by atoms with Gasteiger partial charge in [0.1, 0.15) is 0 Å². The molecule has 0 bridgehead atoms. The van der Waals surface area contributed by atoms with E-state index >= 15 is 0 Å². The second-order valence-corrected chi connectivity index (χ2v) is 8.65. The van der Waals surface area contributed by atoms with Crippen molar-refractivity contribution in [3.05, 3.63) is 34.5 Å². The predicted octanol–water partition coefficient (Wildman–Crippen LogP) is 4.76. The van der Waals surface area contributed by atoms with E-state index in [4.69, 9.17) is 16.6 Å². The van der Waals surface area contributed by atoms with Crippen LogP contribution >= 0.6 is 11.6 Å². The fourth-order valence-electron chi connectivity index (χ4n) is 3.48. The van der Waals surface area contributed by atoms with Gasteiger partial charge >= 0.3 is 5.97 Å². The Hall–Kier alpha value is -2.91. The van der Waals surface area contributed by atoms with Crippen LogP contribution in [0.15, 0.2) is 18.2 Å². The quantitative estimate of drug-likeness (QED) is 0.360. The molecule has 0 fully saturated rings. The van der Waals surface area contributed by atoms with Crippen LogP contribution in [0.5, 0.6) is 0 Å². The second-order valence-electron chi connectivity index (χ2n) is 8.24. The van der Waals surface area contributed by atoms with E-state index in [1.54, 1.807) is 6.07 Å². The molecule has 0 amide bonds. The maximum Gasteiger partial charge on any atom is 0.337 e. The number of benzene rings is 1. The number of nitrogens with zero attached hydrogens (tertiary/aromatic N) is 4. The number of fused-ring (bicyclic) bond motifs is 1. The van der Waals surface area contributed by atoms with Crippen molar-refractivity contribution < 1.29 is 15.0 Å². The highest BCUT2D eigenvalue weighted by Crippen LogP contribution is 2.38. The first-order chi connectivity index (χ1) is 15.2. The van der Waals surface area contributed by atoms with Crippen molar-refractivity contribution in [2.75, 3.05) is 17.2 Å². The van der Waals surface area contributed by atoms with Crippen molar-refractivity contribution in [2.24, 2.45) is 0 Å². The first-order valence-electron chi connectivity index (χ1n) is 10.6. The average molecular weight is 461 g/mol. The summed E-state index contributed by atoms with van der Waals surface area (Å²) in [4.78, 5) is 16.3. The molecule has 1 aromatic carbocycles. The number of aromatic nitrogens is 4. The van der Waals surface area contributed by atoms with Crippen molar-refractivity contribution in [1.82, 2.24) is 19.7 Å². The van der Waals surface area contributed by atoms with Gasteiger partial charge in [0.05, 0.1) is 34.6 Å². The van der Waals surface area contributed by atoms with Gasteiger partial charge in [0.15, 0.2) is 11.5 Å². The Bertz CT molecular complexity index is 1080. The number of carboxylic acid groups (broad SMARTS) is 1. The minimum absolute atomic E-state index is 0.0118. The number of anilines is 3. The van der Waals surface area contributed by atoms with Crippen LogP contribution in [0.1, 0.15) is 69.1 Å². The number of carboxylic acids is 1. The van der Waals surface area contributed by atoms with Gasteiger partial charge in [-0.3, -0.25) is 0 Å². The van der Waals surface area contributed by atoms with Crippen molar-refractivity contribution in [1.29, 1.82) is 0 Å². The van der Waals surface area contributed by atoms with Gasteiger partial charge in [0.2, 0.25) is 5.95 Å². The fraction of sp³-hybridized carbons (Fsp3) is 0.455. The van der Waals surface area contributed by atoms with Gasteiger partial charge in [-0.15, -0.1) is 5.10 Å². The van der Waals surface area contributed by atoms with E-state index in [0.717, 1.165) is 11.4 Å². The zero-order valence-corrected chi connectivity index (χ0v) is 19.6. The summed E-state index contributed by atoms with van der Waals surface area (Å²) in [7, 11) is 0. The number of hydrogen-bond acceptors (Lipinski definition) is 7. The smallest absolute Gasteiger partial charge is 0.337 e. The van der Waals surface area contributed by atoms with Gasteiger partial charge in [-0.25, -0.2) is 4.79 Å². The van der Waals surface area contributed by atoms with Crippen LogP contribution in [0.2, 0.25) is 5.02 Å². The average Bonchev–Trinajstić information content (AvgIpc) is 3.18. The molecule has 0 radical (unpaired) electrons. The highest BCUT2D eigenvalue weighted by molar-refractivity contribution is 6.33. The molecule has 2 aliphatic heterocycles. The Morgan fingerprint density at radius 1 is 1.22 bits per heavy atom. The van der Waals surface area contributed by atoms with Crippen molar-refractivity contribution in [3.63, 3.8) is 0 Å². The van der Waals surface area contributed by atoms with E-state index in [1.807, 2.05) is 11.5 Å². The van der Waals surface area contributed by atoms with Crippen LogP contribution < -0.4 is 10.6 Å². The normalized spacial score (nSPS) is 12.5. The number of nitrogens with one attached hydrogen (secondary N) is 2. The molecule has 2 aliphatic rings. The van der Waals surface area contributed by atoms with Gasteiger partial charge in [0.25, 0.3) is 0 Å². The van der Waals surface area contributed by atoms with E-state index in [2.05, 4.69) is 48.5 Å². The topological polar surface area (TPSA) is 125 Å². The Balaban J connectivity index is 2.20. The molecule has 1 unspecified atom stereocenters. The van der Waals surface area contributed by atoms with E-state index in [0.29, 0.717) is 29.6 Å². The third-order valence-corrected chi connectivity index (χ3v) is 5.53. The van der Waals surface area contributed by atoms with Crippen LogP contribution in [0.3, 0.4) is 0 Å². The molecule has 0 saturated heterocycles. The number of hydrogen-bond donors (Lipinski definition) is 4. The molecule has 1 aromatic rings. The molecule has 0 aliphatic carbocycles. The van der Waals surface area contributed by atoms with Crippen LogP contribution in [-0.4, -0.2) is 48.6 Å². The molecule has 4 N–H and O–H groups in total. The fourth-order valence-corrected chi connectivity index (χ4v) is 3.68. The van der Waals surface area contributed by atoms with Crippen LogP contribution in [0, 0.1) is 0 Å². The van der Waals surface area contributed by atoms with Crippen molar-refractivity contribution in [3.8, 4) is 11.4 Å².